The highest BCUT2D eigenvalue weighted by molar-refractivity contribution is 9.10. The molecule has 2 bridgehead atoms. The molecule has 0 aromatic carbocycles. The van der Waals surface area contributed by atoms with Crippen LogP contribution in [0.4, 0.5) is 8.78 Å². The minimum Gasteiger partial charge on any atom is -0.291 e. The maximum absolute atomic E-state index is 12.8. The average Bonchev–Trinajstić information content (AvgIpc) is 2.52. The number of alkyl halides is 2. The molecule has 0 radical (unpaired) electrons. The van der Waals surface area contributed by atoms with E-state index in [9.17, 15) is 8.78 Å². The topological polar surface area (TPSA) is 21.1 Å². The number of nitrogens with zero attached hydrogens (tertiary/aromatic N) is 3. The van der Waals surface area contributed by atoms with Gasteiger partial charge in [-0.2, -0.15) is 5.10 Å². The second kappa shape index (κ2) is 3.15. The number of rotatable bonds is 3. The van der Waals surface area contributed by atoms with Crippen molar-refractivity contribution in [2.24, 2.45) is 5.41 Å². The lowest BCUT2D eigenvalue weighted by molar-refractivity contribution is -0.229. The average molecular weight is 318 g/mol. The monoisotopic (exact) mass is 317 g/mol. The number of likely N-dealkylation sites (tertiary alicyclic amines) is 1. The summed E-state index contributed by atoms with van der Waals surface area (Å²) >= 11 is 3.41. The van der Waals surface area contributed by atoms with E-state index in [2.05, 4.69) is 21.0 Å². The molecule has 4 aliphatic rings. The minimum atomic E-state index is -2.44. The Balaban J connectivity index is 1.37. The van der Waals surface area contributed by atoms with Crippen molar-refractivity contribution in [2.45, 2.75) is 30.7 Å². The SMILES string of the molecule is FC1(F)CN(CC23CC(n4cc(Br)cn4)(C2)C3)C1. The van der Waals surface area contributed by atoms with Crippen LogP contribution in [0.2, 0.25) is 0 Å². The second-order valence-corrected chi connectivity index (χ2v) is 7.27. The molecule has 18 heavy (non-hydrogen) atoms. The Morgan fingerprint density at radius 3 is 2.44 bits per heavy atom. The van der Waals surface area contributed by atoms with Crippen LogP contribution in [0.25, 0.3) is 0 Å². The van der Waals surface area contributed by atoms with Crippen LogP contribution in [0.1, 0.15) is 19.3 Å². The lowest BCUT2D eigenvalue weighted by atomic mass is 9.39. The van der Waals surface area contributed by atoms with E-state index in [-0.39, 0.29) is 18.6 Å². The summed E-state index contributed by atoms with van der Waals surface area (Å²) in [6.45, 7) is 0.747. The van der Waals surface area contributed by atoms with Crippen molar-refractivity contribution in [3.05, 3.63) is 16.9 Å². The summed E-state index contributed by atoms with van der Waals surface area (Å²) in [6, 6.07) is 0. The van der Waals surface area contributed by atoms with Gasteiger partial charge in [-0.3, -0.25) is 9.58 Å². The predicted octanol–water partition coefficient (Wildman–Crippen LogP) is 2.48. The molecule has 3 nitrogen and oxygen atoms in total. The molecule has 5 rings (SSSR count). The van der Waals surface area contributed by atoms with E-state index in [1.54, 1.807) is 0 Å². The number of hydrogen-bond acceptors (Lipinski definition) is 2. The molecule has 0 spiro atoms. The minimum absolute atomic E-state index is 0.0466. The van der Waals surface area contributed by atoms with Gasteiger partial charge in [-0.1, -0.05) is 0 Å². The van der Waals surface area contributed by atoms with Gasteiger partial charge in [0.15, 0.2) is 0 Å². The zero-order chi connectivity index (χ0) is 12.6. The third-order valence-corrected chi connectivity index (χ3v) is 5.03. The van der Waals surface area contributed by atoms with Crippen molar-refractivity contribution in [3.8, 4) is 0 Å². The van der Waals surface area contributed by atoms with Gasteiger partial charge in [0.05, 0.1) is 29.3 Å². The molecular weight excluding hydrogens is 304 g/mol. The third-order valence-electron chi connectivity index (χ3n) is 4.62. The molecule has 0 amide bonds. The van der Waals surface area contributed by atoms with Gasteiger partial charge >= 0.3 is 0 Å². The van der Waals surface area contributed by atoms with Gasteiger partial charge < -0.3 is 0 Å². The Hall–Kier alpha value is -0.490. The quantitative estimate of drug-likeness (QED) is 0.854. The fourth-order valence-electron chi connectivity index (χ4n) is 4.10. The first kappa shape index (κ1) is 11.3. The lowest BCUT2D eigenvalue weighted by Crippen LogP contribution is -2.73. The van der Waals surface area contributed by atoms with Crippen LogP contribution in [0.5, 0.6) is 0 Å². The molecule has 1 aromatic heterocycles. The zero-order valence-electron chi connectivity index (χ0n) is 9.87. The van der Waals surface area contributed by atoms with Crippen molar-refractivity contribution in [2.75, 3.05) is 19.6 Å². The third kappa shape index (κ3) is 1.45. The van der Waals surface area contributed by atoms with E-state index >= 15 is 0 Å². The fraction of sp³-hybridized carbons (Fsp3) is 0.750. The summed E-state index contributed by atoms with van der Waals surface area (Å²) in [6.07, 6.45) is 7.10. The Morgan fingerprint density at radius 1 is 1.28 bits per heavy atom. The summed E-state index contributed by atoms with van der Waals surface area (Å²) in [5.74, 6) is -2.44. The van der Waals surface area contributed by atoms with Crippen molar-refractivity contribution in [1.82, 2.24) is 14.7 Å². The van der Waals surface area contributed by atoms with Crippen LogP contribution >= 0.6 is 15.9 Å². The van der Waals surface area contributed by atoms with Gasteiger partial charge in [0.2, 0.25) is 0 Å². The molecular formula is C12H14BrF2N3. The molecule has 0 N–H and O–H groups in total. The summed E-state index contributed by atoms with van der Waals surface area (Å²) in [4.78, 5) is 1.89. The summed E-state index contributed by atoms with van der Waals surface area (Å²) in [5.41, 5.74) is 0.494. The Kier molecular flexibility index (Phi) is 1.99. The molecule has 6 heteroatoms. The molecule has 0 atom stereocenters. The predicted molar refractivity (Wildman–Crippen MR) is 65.6 cm³/mol. The summed E-state index contributed by atoms with van der Waals surface area (Å²) < 4.78 is 28.6. The van der Waals surface area contributed by atoms with Gasteiger partial charge in [-0.25, -0.2) is 8.78 Å². The number of hydrogen-bond donors (Lipinski definition) is 0. The van der Waals surface area contributed by atoms with E-state index in [0.717, 1.165) is 30.3 Å². The van der Waals surface area contributed by atoms with Gasteiger partial charge in [-0.05, 0) is 40.6 Å². The highest BCUT2D eigenvalue weighted by Crippen LogP contribution is 2.71. The fourth-order valence-corrected chi connectivity index (χ4v) is 4.39. The zero-order valence-corrected chi connectivity index (χ0v) is 11.5. The van der Waals surface area contributed by atoms with Crippen LogP contribution in [0, 0.1) is 5.41 Å². The highest BCUT2D eigenvalue weighted by atomic mass is 79.9. The largest absolute Gasteiger partial charge is 0.291 e. The number of halogens is 3. The van der Waals surface area contributed by atoms with Crippen LogP contribution in [-0.4, -0.2) is 40.2 Å². The Bertz CT molecular complexity index is 485. The van der Waals surface area contributed by atoms with E-state index in [0.29, 0.717) is 5.41 Å². The summed E-state index contributed by atoms with van der Waals surface area (Å²) in [5, 5.41) is 4.35. The molecule has 98 valence electrons. The van der Waals surface area contributed by atoms with Crippen LogP contribution in [-0.2, 0) is 5.54 Å². The maximum Gasteiger partial charge on any atom is 0.272 e. The normalized spacial score (nSPS) is 40.8. The lowest BCUT2D eigenvalue weighted by Gasteiger charge is -2.71. The maximum atomic E-state index is 12.8. The van der Waals surface area contributed by atoms with Crippen LogP contribution < -0.4 is 0 Å². The van der Waals surface area contributed by atoms with Gasteiger partial charge in [0.1, 0.15) is 0 Å². The van der Waals surface area contributed by atoms with E-state index in [1.165, 1.54) is 0 Å². The van der Waals surface area contributed by atoms with Crippen molar-refractivity contribution < 1.29 is 8.78 Å². The molecule has 0 unspecified atom stereocenters. The molecule has 1 aromatic rings. The number of aromatic nitrogens is 2. The molecule has 3 saturated carbocycles. The first-order valence-corrected chi connectivity index (χ1v) is 7.01. The first-order chi connectivity index (χ1) is 8.41. The van der Waals surface area contributed by atoms with Gasteiger partial charge in [0, 0.05) is 12.7 Å². The second-order valence-electron chi connectivity index (χ2n) is 6.36. The van der Waals surface area contributed by atoms with Crippen LogP contribution in [0.15, 0.2) is 16.9 Å². The Morgan fingerprint density at radius 2 is 1.94 bits per heavy atom. The summed E-state index contributed by atoms with van der Waals surface area (Å²) in [7, 11) is 0. The van der Waals surface area contributed by atoms with Crippen molar-refractivity contribution in [1.29, 1.82) is 0 Å². The van der Waals surface area contributed by atoms with Crippen molar-refractivity contribution in [3.63, 3.8) is 0 Å². The smallest absolute Gasteiger partial charge is 0.272 e. The van der Waals surface area contributed by atoms with E-state index in [1.807, 2.05) is 22.0 Å². The van der Waals surface area contributed by atoms with Crippen LogP contribution in [0.3, 0.4) is 0 Å². The molecule has 3 aliphatic carbocycles. The van der Waals surface area contributed by atoms with Crippen molar-refractivity contribution >= 4 is 15.9 Å². The highest BCUT2D eigenvalue weighted by Gasteiger charge is 2.70. The molecule has 4 fully saturated rings. The van der Waals surface area contributed by atoms with E-state index in [4.69, 9.17) is 0 Å². The molecule has 1 saturated heterocycles. The first-order valence-electron chi connectivity index (χ1n) is 6.21. The van der Waals surface area contributed by atoms with Gasteiger partial charge in [0.25, 0.3) is 5.92 Å². The molecule has 1 aliphatic heterocycles. The standard InChI is InChI=1S/C12H14BrF2N3/c13-9-1-16-18(2-9)11-3-10(4-11,5-11)6-17-7-12(14,15)8-17/h1-2H,3-8H2. The Labute approximate surface area is 112 Å². The molecule has 2 heterocycles. The van der Waals surface area contributed by atoms with Gasteiger partial charge in [-0.15, -0.1) is 0 Å². The van der Waals surface area contributed by atoms with E-state index < -0.39 is 5.92 Å².